The van der Waals surface area contributed by atoms with Crippen LogP contribution in [0.5, 0.6) is 5.75 Å². The maximum atomic E-state index is 12.4. The Morgan fingerprint density at radius 1 is 1.00 bits per heavy atom. The topological polar surface area (TPSA) is 97.2 Å². The number of fused-ring (bicyclic) bond motifs is 1. The first-order valence-electron chi connectivity index (χ1n) is 11.7. The van der Waals surface area contributed by atoms with E-state index in [0.717, 1.165) is 40.1 Å². The molecule has 0 spiro atoms. The number of nitrogens with one attached hydrogen (secondary N) is 2. The number of benzene rings is 2. The lowest BCUT2D eigenvalue weighted by Gasteiger charge is -2.33. The predicted molar refractivity (Wildman–Crippen MR) is 132 cm³/mol. The van der Waals surface area contributed by atoms with E-state index in [1.165, 1.54) is 12.1 Å². The van der Waals surface area contributed by atoms with Gasteiger partial charge in [-0.05, 0) is 43.2 Å². The number of piperidine rings is 1. The summed E-state index contributed by atoms with van der Waals surface area (Å²) >= 11 is 0. The Kier molecular flexibility index (Phi) is 6.55. The lowest BCUT2D eigenvalue weighted by molar-refractivity contribution is -0.274. The number of carbonyl (C=O) groups is 1. The van der Waals surface area contributed by atoms with E-state index in [4.69, 9.17) is 0 Å². The summed E-state index contributed by atoms with van der Waals surface area (Å²) in [7, 11) is 1.87. The van der Waals surface area contributed by atoms with Gasteiger partial charge in [-0.15, -0.1) is 23.4 Å². The summed E-state index contributed by atoms with van der Waals surface area (Å²) in [4.78, 5) is 14.6. The van der Waals surface area contributed by atoms with Gasteiger partial charge in [-0.3, -0.25) is 4.68 Å². The van der Waals surface area contributed by atoms with Crippen molar-refractivity contribution in [2.75, 3.05) is 23.3 Å². The van der Waals surface area contributed by atoms with Crippen LogP contribution in [0.1, 0.15) is 12.8 Å². The molecule has 12 heteroatoms. The third kappa shape index (κ3) is 5.57. The highest BCUT2D eigenvalue weighted by Gasteiger charge is 2.31. The first-order valence-corrected chi connectivity index (χ1v) is 11.7. The number of anilines is 2. The van der Waals surface area contributed by atoms with Gasteiger partial charge in [0.25, 0.3) is 0 Å². The molecule has 2 amide bonds. The van der Waals surface area contributed by atoms with E-state index in [1.807, 2.05) is 37.4 Å². The number of nitrogens with zero attached hydrogens (tertiary/aromatic N) is 5. The maximum absolute atomic E-state index is 12.4. The molecule has 1 saturated heterocycles. The van der Waals surface area contributed by atoms with Gasteiger partial charge >= 0.3 is 12.4 Å². The Hall–Kier alpha value is -4.35. The smallest absolute Gasteiger partial charge is 0.406 e. The fourth-order valence-corrected chi connectivity index (χ4v) is 4.45. The number of hydrogen-bond acceptors (Lipinski definition) is 6. The van der Waals surface area contributed by atoms with Crippen molar-refractivity contribution in [2.45, 2.75) is 25.2 Å². The van der Waals surface area contributed by atoms with Gasteiger partial charge in [0.1, 0.15) is 11.4 Å². The van der Waals surface area contributed by atoms with Crippen molar-refractivity contribution < 1.29 is 22.7 Å². The SMILES string of the molecule is Cn1nccc1-c1nnc(N2CCC(NC(=O)Nc3ccc(OC(F)(F)F)cc3)CC2)c2ccccc12. The summed E-state index contributed by atoms with van der Waals surface area (Å²) in [6.45, 7) is 1.36. The molecule has 2 aromatic heterocycles. The molecule has 1 aliphatic heterocycles. The van der Waals surface area contributed by atoms with Crippen LogP contribution < -0.4 is 20.3 Å². The molecule has 1 fully saturated rings. The lowest BCUT2D eigenvalue weighted by atomic mass is 10.0. The van der Waals surface area contributed by atoms with Crippen LogP contribution in [0.3, 0.4) is 0 Å². The minimum atomic E-state index is -4.76. The van der Waals surface area contributed by atoms with Gasteiger partial charge < -0.3 is 20.3 Å². The molecule has 192 valence electrons. The number of aryl methyl sites for hydroxylation is 1. The Morgan fingerprint density at radius 3 is 2.35 bits per heavy atom. The fourth-order valence-electron chi connectivity index (χ4n) is 4.45. The Morgan fingerprint density at radius 2 is 1.70 bits per heavy atom. The van der Waals surface area contributed by atoms with Crippen molar-refractivity contribution in [3.8, 4) is 17.1 Å². The van der Waals surface area contributed by atoms with E-state index in [0.29, 0.717) is 31.6 Å². The van der Waals surface area contributed by atoms with Crippen LogP contribution in [-0.4, -0.2) is 51.5 Å². The van der Waals surface area contributed by atoms with E-state index in [2.05, 4.69) is 35.6 Å². The minimum absolute atomic E-state index is 0.0583. The number of halogens is 3. The van der Waals surface area contributed by atoms with Crippen molar-refractivity contribution in [2.24, 2.45) is 7.05 Å². The number of aromatic nitrogens is 4. The van der Waals surface area contributed by atoms with Crippen LogP contribution in [-0.2, 0) is 7.05 Å². The molecule has 2 N–H and O–H groups in total. The van der Waals surface area contributed by atoms with Crippen LogP contribution in [0.25, 0.3) is 22.2 Å². The van der Waals surface area contributed by atoms with Crippen LogP contribution in [0.4, 0.5) is 29.5 Å². The van der Waals surface area contributed by atoms with Crippen LogP contribution in [0.2, 0.25) is 0 Å². The number of carbonyl (C=O) groups excluding carboxylic acids is 1. The molecule has 0 unspecified atom stereocenters. The predicted octanol–water partition coefficient (Wildman–Crippen LogP) is 4.72. The van der Waals surface area contributed by atoms with E-state index in [1.54, 1.807) is 10.9 Å². The third-order valence-corrected chi connectivity index (χ3v) is 6.21. The maximum Gasteiger partial charge on any atom is 0.573 e. The van der Waals surface area contributed by atoms with E-state index < -0.39 is 12.4 Å². The fraction of sp³-hybridized carbons (Fsp3) is 0.280. The van der Waals surface area contributed by atoms with Gasteiger partial charge in [0.2, 0.25) is 0 Å². The zero-order valence-electron chi connectivity index (χ0n) is 19.9. The average Bonchev–Trinajstić information content (AvgIpc) is 3.30. The number of rotatable bonds is 5. The van der Waals surface area contributed by atoms with Gasteiger partial charge in [0, 0.05) is 48.8 Å². The summed E-state index contributed by atoms with van der Waals surface area (Å²) in [5, 5.41) is 20.9. The monoisotopic (exact) mass is 511 g/mol. The van der Waals surface area contributed by atoms with Gasteiger partial charge in [0.05, 0.1) is 5.69 Å². The standard InChI is InChI=1S/C25H24F3N7O2/c1-34-21(10-13-29-34)22-19-4-2-3-5-20(19)23(33-32-22)35-14-11-17(12-15-35)31-24(36)30-16-6-8-18(9-7-16)37-25(26,27)28/h2-10,13,17H,11-12,14-15H2,1H3,(H2,30,31,36). The third-order valence-electron chi connectivity index (χ3n) is 6.21. The zero-order chi connectivity index (χ0) is 26.0. The van der Waals surface area contributed by atoms with Gasteiger partial charge in [0.15, 0.2) is 5.82 Å². The molecule has 37 heavy (non-hydrogen) atoms. The van der Waals surface area contributed by atoms with Crippen molar-refractivity contribution in [1.82, 2.24) is 25.3 Å². The normalized spacial score (nSPS) is 14.5. The van der Waals surface area contributed by atoms with Gasteiger partial charge in [-0.2, -0.15) is 5.10 Å². The van der Waals surface area contributed by atoms with E-state index >= 15 is 0 Å². The summed E-state index contributed by atoms with van der Waals surface area (Å²) in [5.41, 5.74) is 2.01. The second-order valence-corrected chi connectivity index (χ2v) is 8.69. The van der Waals surface area contributed by atoms with E-state index in [9.17, 15) is 18.0 Å². The molecule has 0 radical (unpaired) electrons. The summed E-state index contributed by atoms with van der Waals surface area (Å²) in [6.07, 6.45) is -1.64. The second-order valence-electron chi connectivity index (χ2n) is 8.69. The number of amides is 2. The zero-order valence-corrected chi connectivity index (χ0v) is 19.9. The minimum Gasteiger partial charge on any atom is -0.406 e. The first kappa shape index (κ1) is 24.3. The molecular weight excluding hydrogens is 487 g/mol. The van der Waals surface area contributed by atoms with Crippen LogP contribution in [0, 0.1) is 0 Å². The van der Waals surface area contributed by atoms with Crippen molar-refractivity contribution >= 4 is 28.3 Å². The highest BCUT2D eigenvalue weighted by atomic mass is 19.4. The number of hydrogen-bond donors (Lipinski definition) is 2. The van der Waals surface area contributed by atoms with Crippen molar-refractivity contribution in [3.63, 3.8) is 0 Å². The highest BCUT2D eigenvalue weighted by Crippen LogP contribution is 2.32. The Bertz CT molecular complexity index is 1400. The highest BCUT2D eigenvalue weighted by molar-refractivity contribution is 5.99. The first-order chi connectivity index (χ1) is 17.8. The number of urea groups is 1. The average molecular weight is 512 g/mol. The molecule has 2 aromatic carbocycles. The van der Waals surface area contributed by atoms with Crippen LogP contribution >= 0.6 is 0 Å². The summed E-state index contributed by atoms with van der Waals surface area (Å²) < 4.78 is 42.5. The van der Waals surface area contributed by atoms with Crippen LogP contribution in [0.15, 0.2) is 60.8 Å². The molecule has 0 aliphatic carbocycles. The number of alkyl halides is 3. The van der Waals surface area contributed by atoms with E-state index in [-0.39, 0.29) is 11.8 Å². The Labute approximate surface area is 210 Å². The molecule has 0 atom stereocenters. The number of ether oxygens (including phenoxy) is 1. The molecule has 9 nitrogen and oxygen atoms in total. The molecule has 1 aliphatic rings. The van der Waals surface area contributed by atoms with Crippen molar-refractivity contribution in [1.29, 1.82) is 0 Å². The molecular formula is C25H24F3N7O2. The summed E-state index contributed by atoms with van der Waals surface area (Å²) in [6, 6.07) is 14.4. The van der Waals surface area contributed by atoms with Crippen molar-refractivity contribution in [3.05, 3.63) is 60.8 Å². The molecule has 5 rings (SSSR count). The quantitative estimate of drug-likeness (QED) is 0.403. The Balaban J connectivity index is 1.20. The van der Waals surface area contributed by atoms with Gasteiger partial charge in [-0.25, -0.2) is 4.79 Å². The summed E-state index contributed by atoms with van der Waals surface area (Å²) in [5.74, 6) is 0.445. The van der Waals surface area contributed by atoms with Gasteiger partial charge in [-0.1, -0.05) is 24.3 Å². The molecule has 4 aromatic rings. The largest absolute Gasteiger partial charge is 0.573 e. The lowest BCUT2D eigenvalue weighted by Crippen LogP contribution is -2.46. The molecule has 0 saturated carbocycles. The molecule has 3 heterocycles. The second kappa shape index (κ2) is 9.96. The molecule has 0 bridgehead atoms.